The van der Waals surface area contributed by atoms with Gasteiger partial charge in [0.2, 0.25) is 0 Å². The molecule has 3 rings (SSSR count). The fourth-order valence-corrected chi connectivity index (χ4v) is 3.72. The van der Waals surface area contributed by atoms with E-state index >= 15 is 0 Å². The summed E-state index contributed by atoms with van der Waals surface area (Å²) in [5.41, 5.74) is 3.24. The number of hydrogen-bond donors (Lipinski definition) is 0. The zero-order valence-electron chi connectivity index (χ0n) is 14.4. The third kappa shape index (κ3) is 3.51. The van der Waals surface area contributed by atoms with Crippen LogP contribution in [-0.4, -0.2) is 41.4 Å². The molecule has 2 aliphatic rings. The zero-order valence-corrected chi connectivity index (χ0v) is 14.4. The summed E-state index contributed by atoms with van der Waals surface area (Å²) in [5, 5.41) is 0. The minimum absolute atomic E-state index is 0.152. The van der Waals surface area contributed by atoms with Crippen LogP contribution >= 0.6 is 0 Å². The number of benzene rings is 1. The number of nitrogens with zero attached hydrogens (tertiary/aromatic N) is 2. The molecule has 24 heavy (non-hydrogen) atoms. The second-order valence-corrected chi connectivity index (χ2v) is 6.57. The van der Waals surface area contributed by atoms with E-state index in [1.807, 2.05) is 24.0 Å². The molecule has 0 radical (unpaired) electrons. The van der Waals surface area contributed by atoms with Crippen LogP contribution in [0, 0.1) is 0 Å². The van der Waals surface area contributed by atoms with Crippen molar-refractivity contribution in [3.05, 3.63) is 71.8 Å². The Hall–Kier alpha value is -2.13. The van der Waals surface area contributed by atoms with Gasteiger partial charge in [-0.05, 0) is 30.9 Å². The smallest absolute Gasteiger partial charge is 0.254 e. The van der Waals surface area contributed by atoms with E-state index in [-0.39, 0.29) is 5.91 Å². The molecule has 2 heterocycles. The van der Waals surface area contributed by atoms with Gasteiger partial charge in [-0.2, -0.15) is 0 Å². The van der Waals surface area contributed by atoms with Crippen LogP contribution < -0.4 is 0 Å². The summed E-state index contributed by atoms with van der Waals surface area (Å²) in [6, 6.07) is 11.0. The molecule has 0 saturated carbocycles. The van der Waals surface area contributed by atoms with Crippen molar-refractivity contribution >= 4 is 5.91 Å². The quantitative estimate of drug-likeness (QED) is 0.827. The van der Waals surface area contributed by atoms with Gasteiger partial charge in [0.05, 0.1) is 0 Å². The summed E-state index contributed by atoms with van der Waals surface area (Å²) in [6.07, 6.45) is 7.85. The summed E-state index contributed by atoms with van der Waals surface area (Å²) >= 11 is 0. The molecule has 0 atom stereocenters. The average Bonchev–Trinajstić information content (AvgIpc) is 2.92. The van der Waals surface area contributed by atoms with Crippen molar-refractivity contribution in [3.63, 3.8) is 0 Å². The van der Waals surface area contributed by atoms with Crippen molar-refractivity contribution in [1.29, 1.82) is 0 Å². The molecule has 1 aromatic rings. The van der Waals surface area contributed by atoms with Crippen molar-refractivity contribution in [2.75, 3.05) is 19.6 Å². The van der Waals surface area contributed by atoms with Crippen LogP contribution in [0.1, 0.15) is 25.3 Å². The number of carbonyl (C=O) groups is 1. The van der Waals surface area contributed by atoms with Crippen LogP contribution in [0.3, 0.4) is 0 Å². The van der Waals surface area contributed by atoms with Gasteiger partial charge in [0.15, 0.2) is 0 Å². The van der Waals surface area contributed by atoms with Crippen LogP contribution in [0.5, 0.6) is 0 Å². The van der Waals surface area contributed by atoms with E-state index in [1.165, 1.54) is 5.56 Å². The molecular formula is C21H26N2O. The maximum atomic E-state index is 12.6. The Balaban J connectivity index is 1.58. The van der Waals surface area contributed by atoms with Crippen molar-refractivity contribution in [2.24, 2.45) is 0 Å². The third-order valence-corrected chi connectivity index (χ3v) is 5.00. The Morgan fingerprint density at radius 3 is 2.54 bits per heavy atom. The van der Waals surface area contributed by atoms with Crippen LogP contribution in [0.2, 0.25) is 0 Å². The van der Waals surface area contributed by atoms with Crippen LogP contribution in [0.15, 0.2) is 66.3 Å². The van der Waals surface area contributed by atoms with Gasteiger partial charge < -0.3 is 4.90 Å². The average molecular weight is 322 g/mol. The van der Waals surface area contributed by atoms with E-state index in [1.54, 1.807) is 6.08 Å². The number of hydrogen-bond acceptors (Lipinski definition) is 2. The molecule has 3 nitrogen and oxygen atoms in total. The van der Waals surface area contributed by atoms with Gasteiger partial charge in [0, 0.05) is 37.8 Å². The Morgan fingerprint density at radius 1 is 1.21 bits per heavy atom. The second kappa shape index (κ2) is 7.63. The normalized spacial score (nSPS) is 20.4. The molecule has 1 fully saturated rings. The number of rotatable bonds is 5. The highest BCUT2D eigenvalue weighted by Crippen LogP contribution is 2.27. The topological polar surface area (TPSA) is 23.6 Å². The molecule has 1 saturated heterocycles. The highest BCUT2D eigenvalue weighted by Gasteiger charge is 2.34. The first kappa shape index (κ1) is 16.7. The van der Waals surface area contributed by atoms with Gasteiger partial charge in [-0.15, -0.1) is 0 Å². The standard InChI is InChI=1S/C21H26N2O/c1-3-8-18-16-23(21(24)20(18)4-2)19-11-13-22(14-12-19)15-17-9-6-5-7-10-17/h3-10,19H,2,11-16H2,1H3/b8-3-. The van der Waals surface area contributed by atoms with E-state index in [2.05, 4.69) is 41.8 Å². The number of likely N-dealkylation sites (tertiary alicyclic amines) is 1. The minimum atomic E-state index is 0.152. The van der Waals surface area contributed by atoms with E-state index in [4.69, 9.17) is 0 Å². The lowest BCUT2D eigenvalue weighted by Crippen LogP contribution is -2.45. The molecular weight excluding hydrogens is 296 g/mol. The molecule has 1 aromatic carbocycles. The summed E-state index contributed by atoms with van der Waals surface area (Å²) in [5.74, 6) is 0.152. The van der Waals surface area contributed by atoms with Gasteiger partial charge in [-0.1, -0.05) is 55.1 Å². The molecule has 3 heteroatoms. The number of allylic oxidation sites excluding steroid dienone is 1. The molecule has 0 aliphatic carbocycles. The molecule has 0 spiro atoms. The molecule has 0 aromatic heterocycles. The highest BCUT2D eigenvalue weighted by atomic mass is 16.2. The minimum Gasteiger partial charge on any atom is -0.331 e. The fraction of sp³-hybridized carbons (Fsp3) is 0.381. The van der Waals surface area contributed by atoms with E-state index in [9.17, 15) is 4.79 Å². The van der Waals surface area contributed by atoms with Crippen molar-refractivity contribution < 1.29 is 4.79 Å². The van der Waals surface area contributed by atoms with Gasteiger partial charge in [-0.25, -0.2) is 0 Å². The second-order valence-electron chi connectivity index (χ2n) is 6.57. The molecule has 0 bridgehead atoms. The molecule has 0 unspecified atom stereocenters. The van der Waals surface area contributed by atoms with E-state index < -0.39 is 0 Å². The van der Waals surface area contributed by atoms with Crippen molar-refractivity contribution in [1.82, 2.24) is 9.80 Å². The molecule has 126 valence electrons. The molecule has 0 N–H and O–H groups in total. The van der Waals surface area contributed by atoms with E-state index in [0.717, 1.165) is 50.2 Å². The summed E-state index contributed by atoms with van der Waals surface area (Å²) < 4.78 is 0. The van der Waals surface area contributed by atoms with Crippen LogP contribution in [-0.2, 0) is 11.3 Å². The Morgan fingerprint density at radius 2 is 1.92 bits per heavy atom. The monoisotopic (exact) mass is 322 g/mol. The van der Waals surface area contributed by atoms with Crippen molar-refractivity contribution in [3.8, 4) is 0 Å². The first-order chi connectivity index (χ1) is 11.7. The Labute approximate surface area is 145 Å². The lowest BCUT2D eigenvalue weighted by molar-refractivity contribution is -0.128. The van der Waals surface area contributed by atoms with Gasteiger partial charge in [0.25, 0.3) is 5.91 Å². The SMILES string of the molecule is C=CC1=C(/C=C\C)CN(C2CCN(Cc3ccccc3)CC2)C1=O. The molecule has 1 amide bonds. The number of piperidine rings is 1. The summed E-state index contributed by atoms with van der Waals surface area (Å²) in [7, 11) is 0. The van der Waals surface area contributed by atoms with Crippen molar-refractivity contribution in [2.45, 2.75) is 32.4 Å². The van der Waals surface area contributed by atoms with Gasteiger partial charge in [0.1, 0.15) is 0 Å². The predicted molar refractivity (Wildman–Crippen MR) is 98.5 cm³/mol. The summed E-state index contributed by atoms with van der Waals surface area (Å²) in [4.78, 5) is 17.2. The number of carbonyl (C=O) groups excluding carboxylic acids is 1. The summed E-state index contributed by atoms with van der Waals surface area (Å²) in [6.45, 7) is 9.63. The van der Waals surface area contributed by atoms with Gasteiger partial charge in [-0.3, -0.25) is 9.69 Å². The van der Waals surface area contributed by atoms with E-state index in [0.29, 0.717) is 6.04 Å². The predicted octanol–water partition coefficient (Wildman–Crippen LogP) is 3.55. The largest absolute Gasteiger partial charge is 0.331 e. The zero-order chi connectivity index (χ0) is 16.9. The lowest BCUT2D eigenvalue weighted by Gasteiger charge is -2.37. The maximum Gasteiger partial charge on any atom is 0.254 e. The van der Waals surface area contributed by atoms with Gasteiger partial charge >= 0.3 is 0 Å². The Kier molecular flexibility index (Phi) is 5.31. The maximum absolute atomic E-state index is 12.6. The first-order valence-electron chi connectivity index (χ1n) is 8.78. The third-order valence-electron chi connectivity index (χ3n) is 5.00. The highest BCUT2D eigenvalue weighted by molar-refractivity contribution is 6.00. The van der Waals surface area contributed by atoms with Crippen LogP contribution in [0.25, 0.3) is 0 Å². The fourth-order valence-electron chi connectivity index (χ4n) is 3.72. The first-order valence-corrected chi connectivity index (χ1v) is 8.78. The Bertz CT molecular complexity index is 652. The van der Waals surface area contributed by atoms with Crippen LogP contribution in [0.4, 0.5) is 0 Å². The molecule has 2 aliphatic heterocycles. The number of amides is 1. The lowest BCUT2D eigenvalue weighted by atomic mass is 10.0.